The van der Waals surface area contributed by atoms with Gasteiger partial charge in [0, 0.05) is 22.3 Å². The molecule has 1 unspecified atom stereocenters. The second-order valence-electron chi connectivity index (χ2n) is 6.00. The number of carbonyl (C=O) groups is 2. The minimum absolute atomic E-state index is 0.0380. The van der Waals surface area contributed by atoms with Gasteiger partial charge in [-0.2, -0.15) is 0 Å². The van der Waals surface area contributed by atoms with Gasteiger partial charge >= 0.3 is 5.97 Å². The van der Waals surface area contributed by atoms with Crippen LogP contribution in [0.4, 0.5) is 5.13 Å². The quantitative estimate of drug-likeness (QED) is 0.395. The first-order valence-electron chi connectivity index (χ1n) is 8.18. The number of nitrogens with one attached hydrogen (secondary N) is 1. The van der Waals surface area contributed by atoms with Crippen LogP contribution in [-0.4, -0.2) is 35.0 Å². The molecular formula is C16H24N2O3S3. The second kappa shape index (κ2) is 9.68. The van der Waals surface area contributed by atoms with Crippen LogP contribution in [0.2, 0.25) is 0 Å². The summed E-state index contributed by atoms with van der Waals surface area (Å²) in [6, 6.07) is 0. The summed E-state index contributed by atoms with van der Waals surface area (Å²) in [7, 11) is 5.27. The van der Waals surface area contributed by atoms with Crippen LogP contribution in [0.5, 0.6) is 0 Å². The molecule has 1 saturated heterocycles. The van der Waals surface area contributed by atoms with E-state index in [1.165, 1.54) is 37.0 Å². The Morgan fingerprint density at radius 1 is 1.38 bits per heavy atom. The number of unbranched alkanes of at least 4 members (excludes halogenated alkanes) is 1. The SMILES string of the molecule is COC(=O)c1nc(NC(=O)CCCCC2CCSS2)sc1C(C)C. The predicted octanol–water partition coefficient (Wildman–Crippen LogP) is 4.71. The lowest BCUT2D eigenvalue weighted by Crippen LogP contribution is -2.12. The van der Waals surface area contributed by atoms with E-state index in [-0.39, 0.29) is 11.8 Å². The number of esters is 1. The van der Waals surface area contributed by atoms with Crippen LogP contribution in [0.15, 0.2) is 0 Å². The standard InChI is InChI=1S/C16H24N2O3S3/c1-10(2)14-13(15(20)21-3)18-16(23-14)17-12(19)7-5-4-6-11-8-9-22-24-11/h10-11H,4-9H2,1-3H3,(H,17,18,19). The third kappa shape index (κ3) is 5.67. The lowest BCUT2D eigenvalue weighted by molar-refractivity contribution is -0.116. The van der Waals surface area contributed by atoms with Crippen molar-refractivity contribution in [1.29, 1.82) is 0 Å². The lowest BCUT2D eigenvalue weighted by atomic mass is 10.1. The van der Waals surface area contributed by atoms with E-state index in [4.69, 9.17) is 4.74 Å². The van der Waals surface area contributed by atoms with Crippen LogP contribution in [0, 0.1) is 0 Å². The molecule has 0 bridgehead atoms. The van der Waals surface area contributed by atoms with Crippen molar-refractivity contribution >= 4 is 49.9 Å². The molecule has 2 rings (SSSR count). The molecule has 0 saturated carbocycles. The molecule has 1 aliphatic rings. The molecule has 0 radical (unpaired) electrons. The molecule has 24 heavy (non-hydrogen) atoms. The molecule has 0 aliphatic carbocycles. The molecule has 1 amide bonds. The van der Waals surface area contributed by atoms with E-state index in [1.807, 2.05) is 35.4 Å². The first kappa shape index (κ1) is 19.6. The molecule has 1 aliphatic heterocycles. The number of ether oxygens (including phenoxy) is 1. The smallest absolute Gasteiger partial charge is 0.357 e. The first-order valence-corrected chi connectivity index (χ1v) is 11.4. The number of hydrogen-bond donors (Lipinski definition) is 1. The number of carbonyl (C=O) groups excluding carboxylic acids is 2. The van der Waals surface area contributed by atoms with Crippen LogP contribution >= 0.6 is 32.9 Å². The minimum Gasteiger partial charge on any atom is -0.464 e. The van der Waals surface area contributed by atoms with Crippen molar-refractivity contribution in [3.8, 4) is 0 Å². The monoisotopic (exact) mass is 388 g/mol. The Hall–Kier alpha value is -0.730. The fraction of sp³-hybridized carbons (Fsp3) is 0.688. The van der Waals surface area contributed by atoms with Gasteiger partial charge in [0.15, 0.2) is 10.8 Å². The average molecular weight is 389 g/mol. The molecule has 1 aromatic heterocycles. The van der Waals surface area contributed by atoms with Crippen LogP contribution in [0.25, 0.3) is 0 Å². The third-order valence-electron chi connectivity index (χ3n) is 3.71. The lowest BCUT2D eigenvalue weighted by Gasteiger charge is -2.06. The zero-order chi connectivity index (χ0) is 17.5. The highest BCUT2D eigenvalue weighted by molar-refractivity contribution is 8.77. The number of amides is 1. The minimum atomic E-state index is -0.456. The Morgan fingerprint density at radius 3 is 2.79 bits per heavy atom. The van der Waals surface area contributed by atoms with Crippen molar-refractivity contribution < 1.29 is 14.3 Å². The van der Waals surface area contributed by atoms with Gasteiger partial charge < -0.3 is 10.1 Å². The van der Waals surface area contributed by atoms with Gasteiger partial charge in [0.1, 0.15) is 0 Å². The Morgan fingerprint density at radius 2 is 2.17 bits per heavy atom. The first-order chi connectivity index (χ1) is 11.5. The number of nitrogens with zero attached hydrogens (tertiary/aromatic N) is 1. The Balaban J connectivity index is 1.81. The van der Waals surface area contributed by atoms with Gasteiger partial charge in [-0.05, 0) is 25.2 Å². The van der Waals surface area contributed by atoms with Crippen LogP contribution in [0.3, 0.4) is 0 Å². The zero-order valence-electron chi connectivity index (χ0n) is 14.3. The summed E-state index contributed by atoms with van der Waals surface area (Å²) in [5.41, 5.74) is 0.309. The van der Waals surface area contributed by atoms with Gasteiger partial charge in [0.2, 0.25) is 5.91 Å². The Labute approximate surface area is 155 Å². The Kier molecular flexibility index (Phi) is 7.90. The second-order valence-corrected chi connectivity index (χ2v) is 9.82. The summed E-state index contributed by atoms with van der Waals surface area (Å²) in [5, 5.41) is 4.05. The van der Waals surface area contributed by atoms with Crippen LogP contribution < -0.4 is 5.32 Å². The number of thiazole rings is 1. The summed E-state index contributed by atoms with van der Waals surface area (Å²) in [4.78, 5) is 28.9. The summed E-state index contributed by atoms with van der Waals surface area (Å²) in [6.45, 7) is 3.98. The van der Waals surface area contributed by atoms with Gasteiger partial charge in [-0.15, -0.1) is 11.3 Å². The van der Waals surface area contributed by atoms with Crippen molar-refractivity contribution in [3.63, 3.8) is 0 Å². The number of hydrogen-bond acceptors (Lipinski definition) is 7. The molecule has 1 N–H and O–H groups in total. The van der Waals surface area contributed by atoms with E-state index in [1.54, 1.807) is 0 Å². The molecule has 1 fully saturated rings. The summed E-state index contributed by atoms with van der Waals surface area (Å²) < 4.78 is 4.76. The maximum atomic E-state index is 12.1. The maximum absolute atomic E-state index is 12.1. The van der Waals surface area contributed by atoms with Gasteiger partial charge in [-0.1, -0.05) is 41.9 Å². The number of anilines is 1. The molecule has 1 aromatic rings. The van der Waals surface area contributed by atoms with E-state index >= 15 is 0 Å². The Bertz CT molecular complexity index is 569. The highest BCUT2D eigenvalue weighted by atomic mass is 33.1. The van der Waals surface area contributed by atoms with Gasteiger partial charge in [-0.25, -0.2) is 9.78 Å². The molecule has 5 nitrogen and oxygen atoms in total. The third-order valence-corrected chi connectivity index (χ3v) is 7.99. The van der Waals surface area contributed by atoms with E-state index in [0.29, 0.717) is 17.2 Å². The predicted molar refractivity (Wildman–Crippen MR) is 103 cm³/mol. The van der Waals surface area contributed by atoms with Gasteiger partial charge in [0.25, 0.3) is 0 Å². The maximum Gasteiger partial charge on any atom is 0.357 e. The van der Waals surface area contributed by atoms with Crippen molar-refractivity contribution in [2.45, 2.75) is 57.1 Å². The molecule has 0 aromatic carbocycles. The fourth-order valence-corrected chi connectivity index (χ4v) is 6.42. The largest absolute Gasteiger partial charge is 0.464 e. The summed E-state index contributed by atoms with van der Waals surface area (Å²) in [6.07, 6.45) is 4.93. The van der Waals surface area contributed by atoms with E-state index < -0.39 is 5.97 Å². The van der Waals surface area contributed by atoms with Crippen molar-refractivity contribution in [1.82, 2.24) is 4.98 Å². The van der Waals surface area contributed by atoms with Gasteiger partial charge in [0.05, 0.1) is 7.11 Å². The fourth-order valence-electron chi connectivity index (χ4n) is 2.42. The average Bonchev–Trinajstić information content (AvgIpc) is 3.20. The van der Waals surface area contributed by atoms with Crippen LogP contribution in [0.1, 0.15) is 67.2 Å². The van der Waals surface area contributed by atoms with Gasteiger partial charge in [-0.3, -0.25) is 4.79 Å². The highest BCUT2D eigenvalue weighted by Gasteiger charge is 2.22. The summed E-state index contributed by atoms with van der Waals surface area (Å²) in [5.74, 6) is 0.913. The molecule has 2 heterocycles. The molecule has 8 heteroatoms. The van der Waals surface area contributed by atoms with Crippen molar-refractivity contribution in [2.75, 3.05) is 18.2 Å². The molecule has 1 atom stereocenters. The number of aromatic nitrogens is 1. The summed E-state index contributed by atoms with van der Waals surface area (Å²) >= 11 is 1.35. The highest BCUT2D eigenvalue weighted by Crippen LogP contribution is 2.39. The molecule has 134 valence electrons. The van der Waals surface area contributed by atoms with Crippen LogP contribution in [-0.2, 0) is 9.53 Å². The number of rotatable bonds is 8. The topological polar surface area (TPSA) is 68.3 Å². The molecule has 0 spiro atoms. The normalized spacial score (nSPS) is 17.2. The van der Waals surface area contributed by atoms with Crippen molar-refractivity contribution in [3.05, 3.63) is 10.6 Å². The van der Waals surface area contributed by atoms with E-state index in [9.17, 15) is 9.59 Å². The number of methoxy groups -OCH3 is 1. The van der Waals surface area contributed by atoms with E-state index in [0.717, 1.165) is 23.0 Å². The van der Waals surface area contributed by atoms with Crippen molar-refractivity contribution in [2.24, 2.45) is 0 Å². The van der Waals surface area contributed by atoms with E-state index in [2.05, 4.69) is 10.3 Å². The molecular weight excluding hydrogens is 364 g/mol. The zero-order valence-corrected chi connectivity index (χ0v) is 16.7.